The van der Waals surface area contributed by atoms with Gasteiger partial charge in [-0.05, 0) is 25.7 Å². The largest absolute Gasteiger partial charge is 0.383 e. The predicted octanol–water partition coefficient (Wildman–Crippen LogP) is 0.316. The number of aryl methyl sites for hydroxylation is 1. The molecule has 0 saturated carbocycles. The van der Waals surface area contributed by atoms with Crippen molar-refractivity contribution in [2.45, 2.75) is 32.3 Å². The van der Waals surface area contributed by atoms with Gasteiger partial charge in [0.2, 0.25) is 0 Å². The molecule has 3 N–H and O–H groups in total. The first-order chi connectivity index (χ1) is 10.8. The fourth-order valence-electron chi connectivity index (χ4n) is 2.25. The normalized spacial score (nSPS) is 27.0. The van der Waals surface area contributed by atoms with E-state index in [1.54, 1.807) is 20.0 Å². The second-order valence-corrected chi connectivity index (χ2v) is 7.84. The summed E-state index contributed by atoms with van der Waals surface area (Å²) < 4.78 is 22.7. The molecule has 2 unspecified atom stereocenters. The molecule has 0 aromatic carbocycles. The molecule has 11 heteroatoms. The van der Waals surface area contributed by atoms with Crippen LogP contribution in [0, 0.1) is 6.92 Å². The lowest BCUT2D eigenvalue weighted by molar-refractivity contribution is -0.0604. The van der Waals surface area contributed by atoms with Crippen molar-refractivity contribution in [3.8, 4) is 0 Å². The van der Waals surface area contributed by atoms with Gasteiger partial charge < -0.3 is 29.1 Å². The molecule has 0 amide bonds. The minimum absolute atomic E-state index is 0.0908. The zero-order chi connectivity index (χ0) is 17.2. The number of nitrogens with two attached hydrogens (primary N) is 1. The van der Waals surface area contributed by atoms with Crippen LogP contribution in [0.1, 0.15) is 18.7 Å². The molecule has 2 heterocycles. The van der Waals surface area contributed by atoms with Gasteiger partial charge in [-0.15, -0.1) is 0 Å². The molecule has 1 aliphatic heterocycles. The molecular formula is C12H20N3O6PS. The highest BCUT2D eigenvalue weighted by molar-refractivity contribution is 8.07. The monoisotopic (exact) mass is 365 g/mol. The minimum atomic E-state index is -3.38. The van der Waals surface area contributed by atoms with Crippen LogP contribution in [0.2, 0.25) is 0 Å². The van der Waals surface area contributed by atoms with Crippen LogP contribution >= 0.6 is 6.72 Å². The Balaban J connectivity index is 2.31. The van der Waals surface area contributed by atoms with Gasteiger partial charge in [-0.1, -0.05) is 0 Å². The Morgan fingerprint density at radius 3 is 2.96 bits per heavy atom. The maximum absolute atomic E-state index is 12.1. The number of hydrogen-bond donors (Lipinski definition) is 2. The van der Waals surface area contributed by atoms with Crippen LogP contribution in [0.5, 0.6) is 0 Å². The summed E-state index contributed by atoms with van der Waals surface area (Å²) in [6, 6.07) is 0. The molecule has 0 radical (unpaired) electrons. The van der Waals surface area contributed by atoms with Gasteiger partial charge in [0.05, 0.1) is 6.61 Å². The number of nitrogens with zero attached hydrogens (tertiary/aromatic N) is 2. The summed E-state index contributed by atoms with van der Waals surface area (Å²) in [7, 11) is 1.27. The number of rotatable bonds is 6. The molecule has 0 aliphatic carbocycles. The Bertz CT molecular complexity index is 669. The Morgan fingerprint density at radius 2 is 2.35 bits per heavy atom. The zero-order valence-corrected chi connectivity index (χ0v) is 14.8. The van der Waals surface area contributed by atoms with Gasteiger partial charge in [-0.3, -0.25) is 4.57 Å². The lowest BCUT2D eigenvalue weighted by Crippen LogP contribution is -2.38. The summed E-state index contributed by atoms with van der Waals surface area (Å²) in [5.41, 5.74) is 5.71. The molecule has 130 valence electrons. The average molecular weight is 365 g/mol. The van der Waals surface area contributed by atoms with Crippen LogP contribution in [0.15, 0.2) is 11.0 Å². The molecule has 0 spiro atoms. The first-order valence-corrected chi connectivity index (χ1v) is 9.53. The van der Waals surface area contributed by atoms with Crippen molar-refractivity contribution >= 4 is 24.3 Å². The molecule has 1 saturated heterocycles. The number of anilines is 1. The van der Waals surface area contributed by atoms with E-state index >= 15 is 0 Å². The number of aromatic nitrogens is 2. The van der Waals surface area contributed by atoms with Gasteiger partial charge in [0.1, 0.15) is 18.0 Å². The zero-order valence-electron chi connectivity index (χ0n) is 13.0. The molecule has 1 aliphatic rings. The SMILES string of the molecule is CCO[C@H]1C(OP(O)(=S)OC)CO[C@H]1n1cc(C)c(N)nc1=O. The fraction of sp³-hybridized carbons (Fsp3) is 0.667. The van der Waals surface area contributed by atoms with Crippen molar-refractivity contribution in [3.63, 3.8) is 0 Å². The van der Waals surface area contributed by atoms with E-state index in [1.165, 1.54) is 11.7 Å². The third-order valence-corrected chi connectivity index (χ3v) is 5.09. The maximum atomic E-state index is 12.1. The predicted molar refractivity (Wildman–Crippen MR) is 86.4 cm³/mol. The van der Waals surface area contributed by atoms with Gasteiger partial charge in [-0.25, -0.2) is 4.79 Å². The van der Waals surface area contributed by atoms with Gasteiger partial charge in [0.25, 0.3) is 0 Å². The van der Waals surface area contributed by atoms with Gasteiger partial charge in [0.15, 0.2) is 6.23 Å². The summed E-state index contributed by atoms with van der Waals surface area (Å²) >= 11 is 4.85. The van der Waals surface area contributed by atoms with Crippen molar-refractivity contribution in [2.24, 2.45) is 0 Å². The summed E-state index contributed by atoms with van der Waals surface area (Å²) in [4.78, 5) is 25.7. The van der Waals surface area contributed by atoms with Crippen LogP contribution in [0.25, 0.3) is 0 Å². The van der Waals surface area contributed by atoms with Gasteiger partial charge in [-0.2, -0.15) is 4.98 Å². The summed E-state index contributed by atoms with van der Waals surface area (Å²) in [5, 5.41) is 0. The van der Waals surface area contributed by atoms with Crippen LogP contribution in [-0.2, 0) is 30.3 Å². The van der Waals surface area contributed by atoms with E-state index in [4.69, 9.17) is 36.1 Å². The first-order valence-electron chi connectivity index (χ1n) is 6.94. The first kappa shape index (κ1) is 18.5. The van der Waals surface area contributed by atoms with E-state index in [9.17, 15) is 9.69 Å². The Hall–Kier alpha value is -0.870. The van der Waals surface area contributed by atoms with E-state index < -0.39 is 30.8 Å². The van der Waals surface area contributed by atoms with Crippen LogP contribution in [0.4, 0.5) is 5.82 Å². The molecule has 1 aromatic heterocycles. The molecular weight excluding hydrogens is 345 g/mol. The van der Waals surface area contributed by atoms with E-state index in [1.807, 2.05) is 0 Å². The Morgan fingerprint density at radius 1 is 1.65 bits per heavy atom. The molecule has 23 heavy (non-hydrogen) atoms. The summed E-state index contributed by atoms with van der Waals surface area (Å²) in [5.74, 6) is 0.162. The van der Waals surface area contributed by atoms with Crippen molar-refractivity contribution in [1.82, 2.24) is 9.55 Å². The van der Waals surface area contributed by atoms with E-state index in [2.05, 4.69) is 4.98 Å². The molecule has 2 rings (SSSR count). The highest BCUT2D eigenvalue weighted by Gasteiger charge is 2.43. The lowest BCUT2D eigenvalue weighted by atomic mass is 10.2. The van der Waals surface area contributed by atoms with Crippen LogP contribution in [-0.4, -0.2) is 47.0 Å². The van der Waals surface area contributed by atoms with Crippen LogP contribution < -0.4 is 11.4 Å². The van der Waals surface area contributed by atoms with E-state index in [0.29, 0.717) is 12.2 Å². The molecule has 0 bridgehead atoms. The number of nitrogen functional groups attached to an aromatic ring is 1. The van der Waals surface area contributed by atoms with Crippen molar-refractivity contribution in [2.75, 3.05) is 26.1 Å². The van der Waals surface area contributed by atoms with Crippen molar-refractivity contribution < 1.29 is 23.4 Å². The maximum Gasteiger partial charge on any atom is 0.351 e. The average Bonchev–Trinajstić information content (AvgIpc) is 2.86. The molecule has 1 fully saturated rings. The smallest absolute Gasteiger partial charge is 0.351 e. The van der Waals surface area contributed by atoms with Crippen molar-refractivity contribution in [1.29, 1.82) is 0 Å². The quantitative estimate of drug-likeness (QED) is 0.687. The van der Waals surface area contributed by atoms with Gasteiger partial charge in [0, 0.05) is 25.5 Å². The fourth-order valence-corrected chi connectivity index (χ4v) is 3.19. The molecule has 4 atom stereocenters. The van der Waals surface area contributed by atoms with Gasteiger partial charge >= 0.3 is 12.4 Å². The minimum Gasteiger partial charge on any atom is -0.383 e. The second kappa shape index (κ2) is 7.35. The highest BCUT2D eigenvalue weighted by Crippen LogP contribution is 2.46. The Kier molecular flexibility index (Phi) is 5.90. The number of ether oxygens (including phenoxy) is 2. The molecule has 9 nitrogen and oxygen atoms in total. The van der Waals surface area contributed by atoms with Crippen molar-refractivity contribution in [3.05, 3.63) is 22.2 Å². The Labute approximate surface area is 138 Å². The lowest BCUT2D eigenvalue weighted by Gasteiger charge is -2.25. The second-order valence-electron chi connectivity index (χ2n) is 4.94. The third kappa shape index (κ3) is 4.16. The third-order valence-electron chi connectivity index (χ3n) is 3.39. The standard InChI is InChI=1S/C12H20N3O6PS/c1-4-19-9-8(21-22(17,23)18-3)6-20-11(9)15-5-7(2)10(13)14-12(15)16/h5,8-9,11H,4,6H2,1-3H3,(H,17,23)(H2,13,14,16)/t8?,9-,11+,22?/m0/s1. The summed E-state index contributed by atoms with van der Waals surface area (Å²) in [6.45, 7) is 0.603. The van der Waals surface area contributed by atoms with Crippen LogP contribution in [0.3, 0.4) is 0 Å². The topological polar surface area (TPSA) is 118 Å². The number of hydrogen-bond acceptors (Lipinski definition) is 8. The van der Waals surface area contributed by atoms with E-state index in [0.717, 1.165) is 0 Å². The molecule has 1 aromatic rings. The highest BCUT2D eigenvalue weighted by atomic mass is 32.5. The van der Waals surface area contributed by atoms with E-state index in [-0.39, 0.29) is 12.4 Å². The summed E-state index contributed by atoms with van der Waals surface area (Å²) in [6.07, 6.45) is -0.520.